The second kappa shape index (κ2) is 4.32. The highest BCUT2D eigenvalue weighted by Crippen LogP contribution is 2.20. The van der Waals surface area contributed by atoms with Gasteiger partial charge in [0.2, 0.25) is 0 Å². The zero-order valence-corrected chi connectivity index (χ0v) is 9.41. The Hall–Kier alpha value is -0.970. The molecule has 13 heavy (non-hydrogen) atoms. The largest absolute Gasteiger partial charge is 0.369 e. The molecule has 1 heterocycles. The van der Waals surface area contributed by atoms with Crippen molar-refractivity contribution in [1.82, 2.24) is 14.9 Å². The molecule has 0 aliphatic carbocycles. The Bertz CT molecular complexity index is 322. The molecule has 70 valence electrons. The summed E-state index contributed by atoms with van der Waals surface area (Å²) in [5.41, 5.74) is 0. The van der Waals surface area contributed by atoms with Crippen LogP contribution >= 0.6 is 15.9 Å². The first-order chi connectivity index (χ1) is 6.09. The van der Waals surface area contributed by atoms with Crippen molar-refractivity contribution < 1.29 is 0 Å². The smallest absolute Gasteiger partial charge is 0.171 e. The van der Waals surface area contributed by atoms with Crippen LogP contribution in [-0.2, 0) is 0 Å². The topological polar surface area (TPSA) is 41.4 Å². The molecule has 0 amide bonds. The van der Waals surface area contributed by atoms with Gasteiger partial charge in [0.15, 0.2) is 5.82 Å². The minimum Gasteiger partial charge on any atom is -0.369 e. The molecule has 4 nitrogen and oxygen atoms in total. The molecule has 0 saturated carbocycles. The van der Waals surface area contributed by atoms with E-state index in [0.717, 1.165) is 4.47 Å². The average Bonchev–Trinajstić information content (AvgIpc) is 2.06. The van der Waals surface area contributed by atoms with Crippen LogP contribution in [0.1, 0.15) is 5.82 Å². The van der Waals surface area contributed by atoms with Gasteiger partial charge in [-0.05, 0) is 22.9 Å². The zero-order chi connectivity index (χ0) is 9.84. The number of aromatic nitrogens is 2. The molecular weight excluding hydrogens is 232 g/mol. The lowest BCUT2D eigenvalue weighted by Crippen LogP contribution is -2.07. The number of nitrogens with zero attached hydrogens (tertiary/aromatic N) is 4. The van der Waals surface area contributed by atoms with Gasteiger partial charge in [-0.15, -0.1) is 0 Å². The van der Waals surface area contributed by atoms with Crippen molar-refractivity contribution in [2.75, 3.05) is 14.1 Å². The molecule has 0 aliphatic rings. The third-order valence-electron chi connectivity index (χ3n) is 1.26. The van der Waals surface area contributed by atoms with Crippen LogP contribution in [0.2, 0.25) is 0 Å². The first-order valence-corrected chi connectivity index (χ1v) is 4.58. The third-order valence-corrected chi connectivity index (χ3v) is 1.82. The average molecular weight is 243 g/mol. The Morgan fingerprint density at radius 2 is 2.23 bits per heavy atom. The van der Waals surface area contributed by atoms with Crippen LogP contribution in [0.5, 0.6) is 0 Å². The van der Waals surface area contributed by atoms with E-state index in [-0.39, 0.29) is 0 Å². The highest BCUT2D eigenvalue weighted by atomic mass is 79.9. The number of hydrogen-bond donors (Lipinski definition) is 0. The fourth-order valence-corrected chi connectivity index (χ4v) is 0.997. The quantitative estimate of drug-likeness (QED) is 0.587. The van der Waals surface area contributed by atoms with Crippen LogP contribution < -0.4 is 0 Å². The molecule has 0 saturated heterocycles. The van der Waals surface area contributed by atoms with Crippen LogP contribution in [0, 0.1) is 6.92 Å². The Kier molecular flexibility index (Phi) is 3.36. The lowest BCUT2D eigenvalue weighted by Gasteiger charge is -2.02. The van der Waals surface area contributed by atoms with Gasteiger partial charge in [0, 0.05) is 20.3 Å². The molecule has 0 unspecified atom stereocenters. The Labute approximate surface area is 85.9 Å². The monoisotopic (exact) mass is 242 g/mol. The van der Waals surface area contributed by atoms with E-state index >= 15 is 0 Å². The van der Waals surface area contributed by atoms with Crippen molar-refractivity contribution in [3.05, 3.63) is 16.5 Å². The SMILES string of the molecule is Cc1ncc(Br)c(/N=C/N(C)C)n1. The van der Waals surface area contributed by atoms with Gasteiger partial charge < -0.3 is 4.90 Å². The summed E-state index contributed by atoms with van der Waals surface area (Å²) in [5.74, 6) is 1.37. The summed E-state index contributed by atoms with van der Waals surface area (Å²) in [6, 6.07) is 0. The molecular formula is C8H11BrN4. The van der Waals surface area contributed by atoms with E-state index in [0.29, 0.717) is 11.6 Å². The molecule has 0 aromatic carbocycles. The lowest BCUT2D eigenvalue weighted by molar-refractivity contribution is 0.643. The Morgan fingerprint density at radius 3 is 2.85 bits per heavy atom. The van der Waals surface area contributed by atoms with Crippen LogP contribution in [0.25, 0.3) is 0 Å². The molecule has 1 rings (SSSR count). The highest BCUT2D eigenvalue weighted by Gasteiger charge is 1.99. The number of rotatable bonds is 2. The predicted octanol–water partition coefficient (Wildman–Crippen LogP) is 1.77. The van der Waals surface area contributed by atoms with Crippen LogP contribution in [-0.4, -0.2) is 35.3 Å². The number of halogens is 1. The molecule has 1 aromatic rings. The Morgan fingerprint density at radius 1 is 1.54 bits per heavy atom. The van der Waals surface area contributed by atoms with Crippen molar-refractivity contribution in [3.8, 4) is 0 Å². The van der Waals surface area contributed by atoms with Crippen LogP contribution in [0.15, 0.2) is 15.7 Å². The van der Waals surface area contributed by atoms with E-state index < -0.39 is 0 Å². The van der Waals surface area contributed by atoms with Gasteiger partial charge >= 0.3 is 0 Å². The van der Waals surface area contributed by atoms with Gasteiger partial charge in [0.1, 0.15) is 5.82 Å². The van der Waals surface area contributed by atoms with E-state index in [1.165, 1.54) is 0 Å². The van der Waals surface area contributed by atoms with Gasteiger partial charge in [-0.1, -0.05) is 0 Å². The maximum Gasteiger partial charge on any atom is 0.171 e. The van der Waals surface area contributed by atoms with E-state index in [1.54, 1.807) is 12.5 Å². The number of aliphatic imine (C=N–C) groups is 1. The number of hydrogen-bond acceptors (Lipinski definition) is 3. The predicted molar refractivity (Wildman–Crippen MR) is 56.3 cm³/mol. The number of aryl methyl sites for hydroxylation is 1. The Balaban J connectivity index is 2.93. The molecule has 1 aromatic heterocycles. The molecule has 0 aliphatic heterocycles. The maximum absolute atomic E-state index is 4.17. The van der Waals surface area contributed by atoms with Crippen LogP contribution in [0.3, 0.4) is 0 Å². The molecule has 0 radical (unpaired) electrons. The molecule has 0 fully saturated rings. The minimum absolute atomic E-state index is 0.654. The summed E-state index contributed by atoms with van der Waals surface area (Å²) in [7, 11) is 3.82. The fraction of sp³-hybridized carbons (Fsp3) is 0.375. The molecule has 0 N–H and O–H groups in total. The van der Waals surface area contributed by atoms with Crippen molar-refractivity contribution in [3.63, 3.8) is 0 Å². The molecule has 0 bridgehead atoms. The third kappa shape index (κ3) is 3.10. The first-order valence-electron chi connectivity index (χ1n) is 3.79. The van der Waals surface area contributed by atoms with Gasteiger partial charge in [0.05, 0.1) is 10.8 Å². The zero-order valence-electron chi connectivity index (χ0n) is 7.82. The van der Waals surface area contributed by atoms with E-state index in [2.05, 4.69) is 30.9 Å². The van der Waals surface area contributed by atoms with Gasteiger partial charge in [-0.25, -0.2) is 15.0 Å². The minimum atomic E-state index is 0.654. The first kappa shape index (κ1) is 10.1. The summed E-state index contributed by atoms with van der Waals surface area (Å²) >= 11 is 3.32. The molecule has 5 heteroatoms. The summed E-state index contributed by atoms with van der Waals surface area (Å²) in [4.78, 5) is 14.2. The van der Waals surface area contributed by atoms with Crippen LogP contribution in [0.4, 0.5) is 5.82 Å². The summed E-state index contributed by atoms with van der Waals surface area (Å²) in [5, 5.41) is 0. The second-order valence-corrected chi connectivity index (χ2v) is 3.65. The highest BCUT2D eigenvalue weighted by molar-refractivity contribution is 9.10. The summed E-state index contributed by atoms with van der Waals surface area (Å²) in [6.45, 7) is 1.83. The summed E-state index contributed by atoms with van der Waals surface area (Å²) < 4.78 is 0.802. The van der Waals surface area contributed by atoms with Crippen molar-refractivity contribution >= 4 is 28.1 Å². The van der Waals surface area contributed by atoms with Gasteiger partial charge in [-0.2, -0.15) is 0 Å². The van der Waals surface area contributed by atoms with E-state index in [1.807, 2.05) is 25.9 Å². The maximum atomic E-state index is 4.17. The fourth-order valence-electron chi connectivity index (χ4n) is 0.704. The van der Waals surface area contributed by atoms with Gasteiger partial charge in [-0.3, -0.25) is 0 Å². The summed E-state index contributed by atoms with van der Waals surface area (Å²) in [6.07, 6.45) is 3.40. The molecule has 0 spiro atoms. The van der Waals surface area contributed by atoms with E-state index in [4.69, 9.17) is 0 Å². The standard InChI is InChI=1S/C8H11BrN4/c1-6-10-4-7(9)8(12-6)11-5-13(2)3/h4-5H,1-3H3/b11-5+. The van der Waals surface area contributed by atoms with Crippen molar-refractivity contribution in [2.45, 2.75) is 6.92 Å². The lowest BCUT2D eigenvalue weighted by atomic mass is 10.5. The van der Waals surface area contributed by atoms with Gasteiger partial charge in [0.25, 0.3) is 0 Å². The van der Waals surface area contributed by atoms with Crippen molar-refractivity contribution in [1.29, 1.82) is 0 Å². The van der Waals surface area contributed by atoms with Crippen molar-refractivity contribution in [2.24, 2.45) is 4.99 Å². The molecule has 0 atom stereocenters. The normalized spacial score (nSPS) is 10.8. The second-order valence-electron chi connectivity index (χ2n) is 2.80. The van der Waals surface area contributed by atoms with E-state index in [9.17, 15) is 0 Å².